The number of carbonyl (C=O) groups is 1. The lowest BCUT2D eigenvalue weighted by atomic mass is 10.1. The van der Waals surface area contributed by atoms with Gasteiger partial charge in [0.2, 0.25) is 0 Å². The summed E-state index contributed by atoms with van der Waals surface area (Å²) in [6.07, 6.45) is 1.69. The Bertz CT molecular complexity index is 584. The van der Waals surface area contributed by atoms with Crippen molar-refractivity contribution in [2.24, 2.45) is 5.84 Å². The molecule has 0 saturated carbocycles. The first kappa shape index (κ1) is 12.8. The number of nitrogens with one attached hydrogen (secondary N) is 2. The first-order valence-corrected chi connectivity index (χ1v) is 6.29. The van der Waals surface area contributed by atoms with Gasteiger partial charge in [0.25, 0.3) is 5.91 Å². The maximum absolute atomic E-state index is 12.1. The third-order valence-corrected chi connectivity index (χ3v) is 3.29. The van der Waals surface area contributed by atoms with Crippen LogP contribution in [0.1, 0.15) is 15.2 Å². The number of amides is 1. The first-order valence-electron chi connectivity index (χ1n) is 5.10. The minimum Gasteiger partial charge on any atom is -0.323 e. The van der Waals surface area contributed by atoms with Gasteiger partial charge in [0.1, 0.15) is 0 Å². The van der Waals surface area contributed by atoms with Crippen molar-refractivity contribution in [3.8, 4) is 0 Å². The average Bonchev–Trinajstić information content (AvgIpc) is 2.74. The Morgan fingerprint density at radius 1 is 1.50 bits per heavy atom. The predicted octanol–water partition coefficient (Wildman–Crippen LogP) is 2.64. The molecule has 0 fully saturated rings. The number of thiazole rings is 1. The van der Waals surface area contributed by atoms with E-state index < -0.39 is 0 Å². The number of benzene rings is 1. The molecule has 18 heavy (non-hydrogen) atoms. The predicted molar refractivity (Wildman–Crippen MR) is 74.1 cm³/mol. The molecule has 1 aromatic heterocycles. The molecule has 94 valence electrons. The summed E-state index contributed by atoms with van der Waals surface area (Å²) in [5.74, 6) is 5.04. The zero-order valence-electron chi connectivity index (χ0n) is 9.53. The van der Waals surface area contributed by atoms with E-state index in [2.05, 4.69) is 15.7 Å². The van der Waals surface area contributed by atoms with Crippen molar-refractivity contribution in [1.82, 2.24) is 4.98 Å². The number of hydrogen-bond donors (Lipinski definition) is 3. The molecule has 0 bridgehead atoms. The van der Waals surface area contributed by atoms with Crippen LogP contribution < -0.4 is 16.6 Å². The van der Waals surface area contributed by atoms with Gasteiger partial charge in [-0.1, -0.05) is 11.6 Å². The first-order chi connectivity index (χ1) is 8.60. The van der Waals surface area contributed by atoms with E-state index in [1.165, 1.54) is 11.3 Å². The molecule has 4 N–H and O–H groups in total. The fourth-order valence-corrected chi connectivity index (χ4v) is 2.24. The summed E-state index contributed by atoms with van der Waals surface area (Å²) in [6.45, 7) is 1.92. The van der Waals surface area contributed by atoms with Crippen LogP contribution in [0.2, 0.25) is 5.02 Å². The van der Waals surface area contributed by atoms with E-state index in [1.54, 1.807) is 24.4 Å². The van der Waals surface area contributed by atoms with Crippen molar-refractivity contribution < 1.29 is 4.79 Å². The van der Waals surface area contributed by atoms with E-state index in [4.69, 9.17) is 17.4 Å². The number of aromatic nitrogens is 1. The minimum absolute atomic E-state index is 0.306. The molecular formula is C11H11ClN4OS. The third-order valence-electron chi connectivity index (χ3n) is 2.22. The highest BCUT2D eigenvalue weighted by molar-refractivity contribution is 7.15. The average molecular weight is 283 g/mol. The van der Waals surface area contributed by atoms with Gasteiger partial charge in [-0.15, -0.1) is 11.3 Å². The summed E-state index contributed by atoms with van der Waals surface area (Å²) < 4.78 is 0. The molecule has 0 aliphatic heterocycles. The van der Waals surface area contributed by atoms with Crippen LogP contribution in [0.4, 0.5) is 10.8 Å². The monoisotopic (exact) mass is 282 g/mol. The van der Waals surface area contributed by atoms with Crippen LogP contribution >= 0.6 is 22.9 Å². The molecule has 1 aromatic carbocycles. The topological polar surface area (TPSA) is 80.0 Å². The highest BCUT2D eigenvalue weighted by Crippen LogP contribution is 2.22. The van der Waals surface area contributed by atoms with Gasteiger partial charge in [-0.25, -0.2) is 4.98 Å². The number of aryl methyl sites for hydroxylation is 1. The molecule has 5 nitrogen and oxygen atoms in total. The number of rotatable bonds is 3. The van der Waals surface area contributed by atoms with Gasteiger partial charge in [0, 0.05) is 16.1 Å². The number of nitrogens with two attached hydrogens (primary N) is 1. The molecule has 7 heteroatoms. The quantitative estimate of drug-likeness (QED) is 0.597. The van der Waals surface area contributed by atoms with Crippen molar-refractivity contribution in [3.05, 3.63) is 39.9 Å². The molecule has 1 heterocycles. The summed E-state index contributed by atoms with van der Waals surface area (Å²) in [7, 11) is 0. The van der Waals surface area contributed by atoms with Gasteiger partial charge in [0.15, 0.2) is 5.13 Å². The smallest absolute Gasteiger partial charge is 0.259 e. The van der Waals surface area contributed by atoms with Crippen LogP contribution in [0.25, 0.3) is 0 Å². The van der Waals surface area contributed by atoms with E-state index >= 15 is 0 Å². The number of halogens is 1. The molecule has 0 radical (unpaired) electrons. The molecule has 0 atom stereocenters. The number of nitrogens with zero attached hydrogens (tertiary/aromatic N) is 1. The highest BCUT2D eigenvalue weighted by Gasteiger charge is 2.13. The Morgan fingerprint density at radius 2 is 2.28 bits per heavy atom. The molecule has 0 spiro atoms. The number of anilines is 2. The van der Waals surface area contributed by atoms with Gasteiger partial charge in [-0.2, -0.15) is 0 Å². The maximum Gasteiger partial charge on any atom is 0.259 e. The lowest BCUT2D eigenvalue weighted by molar-refractivity contribution is 0.102. The summed E-state index contributed by atoms with van der Waals surface area (Å²) in [4.78, 5) is 17.1. The summed E-state index contributed by atoms with van der Waals surface area (Å²) in [5.41, 5.74) is 3.34. The van der Waals surface area contributed by atoms with Crippen LogP contribution in [-0.4, -0.2) is 10.9 Å². The second-order valence-electron chi connectivity index (χ2n) is 3.56. The third kappa shape index (κ3) is 2.79. The zero-order chi connectivity index (χ0) is 13.1. The molecule has 0 unspecified atom stereocenters. The van der Waals surface area contributed by atoms with Gasteiger partial charge in [0.05, 0.1) is 11.3 Å². The zero-order valence-corrected chi connectivity index (χ0v) is 11.1. The number of hydrazine groups is 1. The normalized spacial score (nSPS) is 10.2. The Labute approximate surface area is 113 Å². The van der Waals surface area contributed by atoms with E-state index in [1.807, 2.05) is 6.92 Å². The molecule has 0 aliphatic carbocycles. The summed E-state index contributed by atoms with van der Waals surface area (Å²) >= 11 is 7.26. The summed E-state index contributed by atoms with van der Waals surface area (Å²) in [5, 5.41) is 3.70. The molecule has 2 rings (SSSR count). The van der Waals surface area contributed by atoms with Crippen molar-refractivity contribution in [2.75, 3.05) is 10.7 Å². The van der Waals surface area contributed by atoms with E-state index in [9.17, 15) is 4.79 Å². The van der Waals surface area contributed by atoms with E-state index in [0.717, 1.165) is 4.88 Å². The fourth-order valence-electron chi connectivity index (χ4n) is 1.41. The SMILES string of the molecule is Cc1cnc(NC(=O)c2cc(Cl)ccc2NN)s1. The molecular weight excluding hydrogens is 272 g/mol. The minimum atomic E-state index is -0.306. The second-order valence-corrected chi connectivity index (χ2v) is 5.24. The number of hydrogen-bond acceptors (Lipinski definition) is 5. The van der Waals surface area contributed by atoms with Gasteiger partial charge in [-0.05, 0) is 25.1 Å². The van der Waals surface area contributed by atoms with Crippen LogP contribution in [0.15, 0.2) is 24.4 Å². The lowest BCUT2D eigenvalue weighted by Gasteiger charge is -2.08. The largest absolute Gasteiger partial charge is 0.323 e. The van der Waals surface area contributed by atoms with E-state index in [0.29, 0.717) is 21.4 Å². The standard InChI is InChI=1S/C11H11ClN4OS/c1-6-5-14-11(18-6)15-10(17)8-4-7(12)2-3-9(8)16-13/h2-5,16H,13H2,1H3,(H,14,15,17). The molecule has 0 aliphatic rings. The van der Waals surface area contributed by atoms with Gasteiger partial charge in [-0.3, -0.25) is 16.0 Å². The van der Waals surface area contributed by atoms with Gasteiger partial charge >= 0.3 is 0 Å². The van der Waals surface area contributed by atoms with E-state index in [-0.39, 0.29) is 5.91 Å². The van der Waals surface area contributed by atoms with Crippen molar-refractivity contribution in [3.63, 3.8) is 0 Å². The van der Waals surface area contributed by atoms with Gasteiger partial charge < -0.3 is 5.43 Å². The Hall–Kier alpha value is -1.63. The Kier molecular flexibility index (Phi) is 3.81. The van der Waals surface area contributed by atoms with Crippen molar-refractivity contribution >= 4 is 39.7 Å². The Balaban J connectivity index is 2.25. The Morgan fingerprint density at radius 3 is 2.89 bits per heavy atom. The number of carbonyl (C=O) groups excluding carboxylic acids is 1. The molecule has 2 aromatic rings. The highest BCUT2D eigenvalue weighted by atomic mass is 35.5. The van der Waals surface area contributed by atoms with Crippen molar-refractivity contribution in [1.29, 1.82) is 0 Å². The summed E-state index contributed by atoms with van der Waals surface area (Å²) in [6, 6.07) is 4.85. The van der Waals surface area contributed by atoms with Crippen LogP contribution in [-0.2, 0) is 0 Å². The number of nitrogen functional groups attached to an aromatic ring is 1. The fraction of sp³-hybridized carbons (Fsp3) is 0.0909. The molecule has 1 amide bonds. The van der Waals surface area contributed by atoms with Crippen molar-refractivity contribution in [2.45, 2.75) is 6.92 Å². The molecule has 0 saturated heterocycles. The van der Waals surface area contributed by atoms with Crippen LogP contribution in [0, 0.1) is 6.92 Å². The van der Waals surface area contributed by atoms with Crippen LogP contribution in [0.3, 0.4) is 0 Å². The second kappa shape index (κ2) is 5.34. The lowest BCUT2D eigenvalue weighted by Crippen LogP contribution is -2.17. The maximum atomic E-state index is 12.1. The van der Waals surface area contributed by atoms with Crippen LogP contribution in [0.5, 0.6) is 0 Å².